The Morgan fingerprint density at radius 3 is 2.68 bits per heavy atom. The van der Waals surface area contributed by atoms with Crippen molar-refractivity contribution in [3.8, 4) is 17.1 Å². The number of nitrogen functional groups attached to an aromatic ring is 1. The largest absolute Gasteiger partial charge is 0.378 e. The van der Waals surface area contributed by atoms with Crippen molar-refractivity contribution in [2.45, 2.75) is 0 Å². The lowest BCUT2D eigenvalue weighted by atomic mass is 10.2. The van der Waals surface area contributed by atoms with Crippen LogP contribution in [0.25, 0.3) is 17.1 Å². The van der Waals surface area contributed by atoms with E-state index in [0.29, 0.717) is 15.7 Å². The van der Waals surface area contributed by atoms with Crippen molar-refractivity contribution >= 4 is 29.0 Å². The van der Waals surface area contributed by atoms with E-state index < -0.39 is 0 Å². The van der Waals surface area contributed by atoms with Crippen LogP contribution < -0.4 is 5.73 Å². The van der Waals surface area contributed by atoms with E-state index in [0.717, 1.165) is 5.56 Å². The molecule has 0 saturated carbocycles. The maximum atomic E-state index is 5.99. The molecule has 0 aliphatic rings. The zero-order valence-electron chi connectivity index (χ0n) is 9.29. The third-order valence-corrected chi connectivity index (χ3v) is 3.20. The third-order valence-electron chi connectivity index (χ3n) is 2.46. The summed E-state index contributed by atoms with van der Waals surface area (Å²) in [4.78, 5) is 0. The molecule has 0 atom stereocenters. The summed E-state index contributed by atoms with van der Waals surface area (Å²) in [7, 11) is 0. The molecular formula is C10H6Cl2N6O. The smallest absolute Gasteiger partial charge is 0.243 e. The molecule has 0 aliphatic heterocycles. The number of rotatable bonds is 2. The summed E-state index contributed by atoms with van der Waals surface area (Å²) in [6, 6.07) is 5.16. The van der Waals surface area contributed by atoms with Gasteiger partial charge in [0.2, 0.25) is 11.6 Å². The number of nitrogens with two attached hydrogens (primary N) is 1. The van der Waals surface area contributed by atoms with E-state index in [4.69, 9.17) is 28.9 Å². The first-order valence-corrected chi connectivity index (χ1v) is 5.87. The second kappa shape index (κ2) is 4.52. The van der Waals surface area contributed by atoms with Crippen molar-refractivity contribution in [1.82, 2.24) is 25.3 Å². The number of benzene rings is 1. The lowest BCUT2D eigenvalue weighted by Crippen LogP contribution is -2.03. The van der Waals surface area contributed by atoms with Crippen molar-refractivity contribution in [2.75, 3.05) is 5.73 Å². The first-order valence-electron chi connectivity index (χ1n) is 5.11. The molecule has 0 unspecified atom stereocenters. The Balaban J connectivity index is 2.14. The average Bonchev–Trinajstić information content (AvgIpc) is 3.00. The minimum Gasteiger partial charge on any atom is -0.378 e. The second-order valence-electron chi connectivity index (χ2n) is 3.63. The Kier molecular flexibility index (Phi) is 2.84. The summed E-state index contributed by atoms with van der Waals surface area (Å²) in [6.07, 6.45) is 1.55. The molecule has 0 amide bonds. The van der Waals surface area contributed by atoms with E-state index in [1.165, 1.54) is 4.68 Å². The van der Waals surface area contributed by atoms with Crippen molar-refractivity contribution in [3.05, 3.63) is 34.4 Å². The van der Waals surface area contributed by atoms with E-state index in [9.17, 15) is 0 Å². The molecule has 0 fully saturated rings. The lowest BCUT2D eigenvalue weighted by Gasteiger charge is -2.04. The lowest BCUT2D eigenvalue weighted by molar-refractivity contribution is 0.307. The van der Waals surface area contributed by atoms with Gasteiger partial charge in [-0.15, -0.1) is 5.10 Å². The van der Waals surface area contributed by atoms with Crippen LogP contribution in [0.2, 0.25) is 10.0 Å². The molecule has 96 valence electrons. The minimum absolute atomic E-state index is 0.117. The van der Waals surface area contributed by atoms with Gasteiger partial charge in [0.05, 0.1) is 21.9 Å². The number of halogens is 2. The highest BCUT2D eigenvalue weighted by Gasteiger charge is 2.16. The molecule has 7 nitrogen and oxygen atoms in total. The molecule has 0 bridgehead atoms. The zero-order valence-corrected chi connectivity index (χ0v) is 10.8. The van der Waals surface area contributed by atoms with Gasteiger partial charge in [-0.2, -0.15) is 4.68 Å². The number of anilines is 1. The molecule has 2 N–H and O–H groups in total. The fraction of sp³-hybridized carbons (Fsp3) is 0. The SMILES string of the molecule is Nc1nonc1-n1nncc1-c1ccc(Cl)c(Cl)c1. The van der Waals surface area contributed by atoms with Crippen LogP contribution in [0.1, 0.15) is 0 Å². The van der Waals surface area contributed by atoms with Crippen LogP contribution in [0.4, 0.5) is 5.82 Å². The predicted octanol–water partition coefficient (Wildman–Crippen LogP) is 2.21. The van der Waals surface area contributed by atoms with Crippen LogP contribution in [-0.2, 0) is 0 Å². The van der Waals surface area contributed by atoms with E-state index in [1.807, 2.05) is 0 Å². The Bertz CT molecular complexity index is 737. The van der Waals surface area contributed by atoms with Crippen LogP contribution in [0.3, 0.4) is 0 Å². The van der Waals surface area contributed by atoms with Gasteiger partial charge in [0.25, 0.3) is 0 Å². The van der Waals surface area contributed by atoms with Gasteiger partial charge in [-0.05, 0) is 22.4 Å². The summed E-state index contributed by atoms with van der Waals surface area (Å²) in [5.74, 6) is 0.380. The van der Waals surface area contributed by atoms with Crippen LogP contribution in [0.15, 0.2) is 29.0 Å². The van der Waals surface area contributed by atoms with Crippen LogP contribution in [0, 0.1) is 0 Å². The van der Waals surface area contributed by atoms with Crippen molar-refractivity contribution < 1.29 is 4.63 Å². The Morgan fingerprint density at radius 2 is 2.00 bits per heavy atom. The van der Waals surface area contributed by atoms with E-state index in [2.05, 4.69) is 25.3 Å². The molecule has 19 heavy (non-hydrogen) atoms. The highest BCUT2D eigenvalue weighted by molar-refractivity contribution is 6.42. The van der Waals surface area contributed by atoms with Crippen molar-refractivity contribution in [1.29, 1.82) is 0 Å². The number of nitrogens with zero attached hydrogens (tertiary/aromatic N) is 5. The molecule has 0 saturated heterocycles. The summed E-state index contributed by atoms with van der Waals surface area (Å²) < 4.78 is 5.95. The van der Waals surface area contributed by atoms with E-state index in [1.54, 1.807) is 24.4 Å². The van der Waals surface area contributed by atoms with Crippen molar-refractivity contribution in [3.63, 3.8) is 0 Å². The maximum Gasteiger partial charge on any atom is 0.243 e. The van der Waals surface area contributed by atoms with Gasteiger partial charge in [-0.1, -0.05) is 34.5 Å². The van der Waals surface area contributed by atoms with Gasteiger partial charge >= 0.3 is 0 Å². The van der Waals surface area contributed by atoms with Crippen LogP contribution in [-0.4, -0.2) is 25.3 Å². The highest BCUT2D eigenvalue weighted by atomic mass is 35.5. The predicted molar refractivity (Wildman–Crippen MR) is 69.1 cm³/mol. The minimum atomic E-state index is 0.117. The van der Waals surface area contributed by atoms with Crippen LogP contribution in [0.5, 0.6) is 0 Å². The van der Waals surface area contributed by atoms with Crippen molar-refractivity contribution in [2.24, 2.45) is 0 Å². The number of hydrogen-bond donors (Lipinski definition) is 1. The zero-order chi connectivity index (χ0) is 13.4. The fourth-order valence-electron chi connectivity index (χ4n) is 1.58. The number of hydrogen-bond acceptors (Lipinski definition) is 6. The molecule has 2 heterocycles. The van der Waals surface area contributed by atoms with E-state index >= 15 is 0 Å². The Labute approximate surface area is 116 Å². The molecule has 3 aromatic rings. The molecule has 0 radical (unpaired) electrons. The molecule has 0 aliphatic carbocycles. The summed E-state index contributed by atoms with van der Waals surface area (Å²) in [5.41, 5.74) is 7.03. The Morgan fingerprint density at radius 1 is 1.16 bits per heavy atom. The van der Waals surface area contributed by atoms with Crippen LogP contribution >= 0.6 is 23.2 Å². The molecule has 9 heteroatoms. The normalized spacial score (nSPS) is 10.8. The first kappa shape index (κ1) is 11.9. The van der Waals surface area contributed by atoms with Gasteiger partial charge in [-0.25, -0.2) is 4.63 Å². The monoisotopic (exact) mass is 296 g/mol. The highest BCUT2D eigenvalue weighted by Crippen LogP contribution is 2.29. The summed E-state index contributed by atoms with van der Waals surface area (Å²) in [5, 5.41) is 15.8. The molecule has 3 rings (SSSR count). The van der Waals surface area contributed by atoms with Gasteiger partial charge in [0.15, 0.2) is 0 Å². The fourth-order valence-corrected chi connectivity index (χ4v) is 1.88. The van der Waals surface area contributed by atoms with Gasteiger partial charge in [0.1, 0.15) is 0 Å². The topological polar surface area (TPSA) is 95.7 Å². The quantitative estimate of drug-likeness (QED) is 0.779. The Hall–Kier alpha value is -2.12. The maximum absolute atomic E-state index is 5.99. The standard InChI is InChI=1S/C10H6Cl2N6O/c11-6-2-1-5(3-7(6)12)8-4-14-17-18(8)10-9(13)15-19-16-10/h1-4H,(H2,13,15). The van der Waals surface area contributed by atoms with Gasteiger partial charge in [0, 0.05) is 5.56 Å². The number of aromatic nitrogens is 5. The average molecular weight is 297 g/mol. The second-order valence-corrected chi connectivity index (χ2v) is 4.45. The van der Waals surface area contributed by atoms with Gasteiger partial charge in [-0.3, -0.25) is 0 Å². The molecule has 0 spiro atoms. The summed E-state index contributed by atoms with van der Waals surface area (Å²) in [6.45, 7) is 0. The van der Waals surface area contributed by atoms with Gasteiger partial charge < -0.3 is 5.73 Å². The molecular weight excluding hydrogens is 291 g/mol. The van der Waals surface area contributed by atoms with E-state index in [-0.39, 0.29) is 11.6 Å². The third kappa shape index (κ3) is 2.02. The molecule has 2 aromatic heterocycles. The molecule has 1 aromatic carbocycles. The first-order chi connectivity index (χ1) is 9.16. The summed E-state index contributed by atoms with van der Waals surface area (Å²) >= 11 is 11.9.